The van der Waals surface area contributed by atoms with Gasteiger partial charge < -0.3 is 10.1 Å². The highest BCUT2D eigenvalue weighted by molar-refractivity contribution is 7.94. The summed E-state index contributed by atoms with van der Waals surface area (Å²) in [5.41, 5.74) is 1.58. The Bertz CT molecular complexity index is 1900. The average Bonchev–Trinajstić information content (AvgIpc) is 3.36. The third-order valence-corrected chi connectivity index (χ3v) is 9.80. The Morgan fingerprint density at radius 2 is 1.46 bits per heavy atom. The number of nitrogens with one attached hydrogen (secondary N) is 3. The molecule has 0 aliphatic rings. The molecule has 0 atom stereocenters. The topological polar surface area (TPSA) is 139 Å². The Kier molecular flexibility index (Phi) is 7.32. The summed E-state index contributed by atoms with van der Waals surface area (Å²) in [6, 6.07) is 22.5. The lowest BCUT2D eigenvalue weighted by molar-refractivity contribution is 0.417. The van der Waals surface area contributed by atoms with Gasteiger partial charge in [-0.2, -0.15) is 0 Å². The third-order valence-electron chi connectivity index (χ3n) is 5.37. The monoisotopic (exact) mass is 601 g/mol. The van der Waals surface area contributed by atoms with Gasteiger partial charge in [0.15, 0.2) is 11.6 Å². The molecule has 3 aromatic carbocycles. The number of fused-ring (bicyclic) bond motifs is 1. The first-order valence-corrected chi connectivity index (χ1v) is 15.4. The summed E-state index contributed by atoms with van der Waals surface area (Å²) >= 11 is 6.83. The minimum atomic E-state index is -4.02. The second kappa shape index (κ2) is 10.7. The van der Waals surface area contributed by atoms with Gasteiger partial charge in [0.05, 0.1) is 33.1 Å². The summed E-state index contributed by atoms with van der Waals surface area (Å²) in [5, 5.41) is 3.00. The number of para-hydroxylation sites is 4. The zero-order valence-electron chi connectivity index (χ0n) is 20.1. The number of nitrogens with zero attached hydrogens (tertiary/aromatic N) is 2. The molecule has 0 saturated heterocycles. The van der Waals surface area contributed by atoms with E-state index in [0.717, 1.165) is 11.3 Å². The normalized spacial score (nSPS) is 11.7. The number of aromatic nitrogens is 2. The van der Waals surface area contributed by atoms with Crippen LogP contribution < -0.4 is 19.5 Å². The Morgan fingerprint density at radius 1 is 0.769 bits per heavy atom. The van der Waals surface area contributed by atoms with Crippen LogP contribution in [-0.4, -0.2) is 33.9 Å². The summed E-state index contributed by atoms with van der Waals surface area (Å²) in [4.78, 5) is 8.94. The van der Waals surface area contributed by atoms with Crippen molar-refractivity contribution in [3.8, 4) is 5.75 Å². The molecule has 0 amide bonds. The van der Waals surface area contributed by atoms with Crippen LogP contribution in [0.2, 0.25) is 4.34 Å². The molecular weight excluding hydrogens is 582 g/mol. The molecule has 200 valence electrons. The number of anilines is 4. The van der Waals surface area contributed by atoms with Crippen LogP contribution in [-0.2, 0) is 20.0 Å². The first-order chi connectivity index (χ1) is 18.6. The van der Waals surface area contributed by atoms with Gasteiger partial charge in [-0.25, -0.2) is 26.8 Å². The zero-order valence-corrected chi connectivity index (χ0v) is 23.3. The van der Waals surface area contributed by atoms with Crippen molar-refractivity contribution in [3.05, 3.63) is 89.3 Å². The molecule has 5 aromatic rings. The minimum absolute atomic E-state index is 0.00362. The summed E-state index contributed by atoms with van der Waals surface area (Å²) < 4.78 is 62.8. The molecule has 14 heteroatoms. The summed E-state index contributed by atoms with van der Waals surface area (Å²) in [6.45, 7) is 0. The number of thiophene rings is 1. The van der Waals surface area contributed by atoms with E-state index < -0.39 is 20.0 Å². The van der Waals surface area contributed by atoms with Crippen molar-refractivity contribution in [2.24, 2.45) is 0 Å². The molecule has 0 radical (unpaired) electrons. The van der Waals surface area contributed by atoms with Crippen LogP contribution in [0.15, 0.2) is 94.0 Å². The largest absolute Gasteiger partial charge is 0.495 e. The van der Waals surface area contributed by atoms with E-state index in [4.69, 9.17) is 16.3 Å². The van der Waals surface area contributed by atoms with Gasteiger partial charge >= 0.3 is 0 Å². The standard InChI is InChI=1S/C25H20ClN5O5S3/c1-36-21-12-5-4-11-20(21)30-38(32,33)17-8-6-7-16(15-17)27-24-25(29-19-10-3-2-9-18(19)28-24)31-39(34,35)23-14-13-22(26)37-23/h2-15,30H,1H3,(H,27,28)(H,29,31). The third kappa shape index (κ3) is 5.91. The van der Waals surface area contributed by atoms with Crippen molar-refractivity contribution in [2.45, 2.75) is 9.10 Å². The van der Waals surface area contributed by atoms with Gasteiger partial charge in [-0.05, 0) is 54.6 Å². The van der Waals surface area contributed by atoms with E-state index in [-0.39, 0.29) is 26.4 Å². The van der Waals surface area contributed by atoms with Crippen LogP contribution >= 0.6 is 22.9 Å². The van der Waals surface area contributed by atoms with Crippen LogP contribution in [0.3, 0.4) is 0 Å². The number of halogens is 1. The first-order valence-electron chi connectivity index (χ1n) is 11.2. The SMILES string of the molecule is COc1ccccc1NS(=O)(=O)c1cccc(Nc2nc3ccccc3nc2NS(=O)(=O)c2ccc(Cl)s2)c1. The van der Waals surface area contributed by atoms with E-state index >= 15 is 0 Å². The molecular formula is C25H20ClN5O5S3. The number of benzene rings is 3. The van der Waals surface area contributed by atoms with Gasteiger partial charge in [-0.3, -0.25) is 9.44 Å². The van der Waals surface area contributed by atoms with E-state index in [1.165, 1.54) is 31.4 Å². The maximum atomic E-state index is 13.1. The number of hydrogen-bond donors (Lipinski definition) is 3. The number of hydrogen-bond acceptors (Lipinski definition) is 9. The number of sulfonamides is 2. The number of ether oxygens (including phenoxy) is 1. The summed E-state index contributed by atoms with van der Waals surface area (Å²) in [7, 11) is -6.58. The van der Waals surface area contributed by atoms with E-state index in [0.29, 0.717) is 26.8 Å². The lowest BCUT2D eigenvalue weighted by Crippen LogP contribution is -2.15. The first kappa shape index (κ1) is 26.7. The number of methoxy groups -OCH3 is 1. The predicted molar refractivity (Wildman–Crippen MR) is 153 cm³/mol. The van der Waals surface area contributed by atoms with Gasteiger partial charge in [0.25, 0.3) is 20.0 Å². The molecule has 5 rings (SSSR count). The minimum Gasteiger partial charge on any atom is -0.495 e. The molecule has 39 heavy (non-hydrogen) atoms. The van der Waals surface area contributed by atoms with Crippen LogP contribution in [0.5, 0.6) is 5.75 Å². The fraction of sp³-hybridized carbons (Fsp3) is 0.0400. The second-order valence-corrected chi connectivity index (χ2v) is 13.3. The van der Waals surface area contributed by atoms with Crippen molar-refractivity contribution < 1.29 is 21.6 Å². The van der Waals surface area contributed by atoms with Gasteiger partial charge in [-0.1, -0.05) is 41.9 Å². The fourth-order valence-corrected chi connectivity index (χ4v) is 7.20. The van der Waals surface area contributed by atoms with Crippen molar-refractivity contribution in [3.63, 3.8) is 0 Å². The van der Waals surface area contributed by atoms with Crippen molar-refractivity contribution in [1.82, 2.24) is 9.97 Å². The van der Waals surface area contributed by atoms with Crippen molar-refractivity contribution in [1.29, 1.82) is 0 Å². The molecule has 0 spiro atoms. The second-order valence-electron chi connectivity index (χ2n) is 8.03. The van der Waals surface area contributed by atoms with Gasteiger partial charge in [-0.15, -0.1) is 11.3 Å². The van der Waals surface area contributed by atoms with Crippen LogP contribution in [0.4, 0.5) is 23.0 Å². The Morgan fingerprint density at radius 3 is 2.15 bits per heavy atom. The highest BCUT2D eigenvalue weighted by Gasteiger charge is 2.22. The molecule has 3 N–H and O–H groups in total. The molecule has 2 aromatic heterocycles. The van der Waals surface area contributed by atoms with Crippen molar-refractivity contribution >= 4 is 77.0 Å². The quantitative estimate of drug-likeness (QED) is 0.195. The summed E-state index contributed by atoms with van der Waals surface area (Å²) in [5.74, 6) is 0.372. The van der Waals surface area contributed by atoms with Crippen LogP contribution in [0.1, 0.15) is 0 Å². The average molecular weight is 602 g/mol. The van der Waals surface area contributed by atoms with Gasteiger partial charge in [0.2, 0.25) is 0 Å². The molecule has 0 bridgehead atoms. The van der Waals surface area contributed by atoms with Gasteiger partial charge in [0, 0.05) is 5.69 Å². The molecule has 0 unspecified atom stereocenters. The molecule has 0 aliphatic heterocycles. The Balaban J connectivity index is 1.50. The Hall–Kier alpha value is -3.91. The summed E-state index contributed by atoms with van der Waals surface area (Å²) in [6.07, 6.45) is 0. The highest BCUT2D eigenvalue weighted by atomic mass is 35.5. The maximum absolute atomic E-state index is 13.1. The number of rotatable bonds is 9. The molecule has 2 heterocycles. The lowest BCUT2D eigenvalue weighted by Gasteiger charge is -2.15. The lowest BCUT2D eigenvalue weighted by atomic mass is 10.3. The Labute approximate surface area is 233 Å². The zero-order chi connectivity index (χ0) is 27.6. The van der Waals surface area contributed by atoms with E-state index in [1.54, 1.807) is 60.7 Å². The van der Waals surface area contributed by atoms with E-state index in [9.17, 15) is 16.8 Å². The molecule has 10 nitrogen and oxygen atoms in total. The molecule has 0 saturated carbocycles. The van der Waals surface area contributed by atoms with Gasteiger partial charge in [0.1, 0.15) is 9.96 Å². The van der Waals surface area contributed by atoms with E-state index in [1.807, 2.05) is 0 Å². The fourth-order valence-electron chi connectivity index (χ4n) is 3.59. The smallest absolute Gasteiger partial charge is 0.272 e. The highest BCUT2D eigenvalue weighted by Crippen LogP contribution is 2.32. The van der Waals surface area contributed by atoms with E-state index in [2.05, 4.69) is 24.7 Å². The predicted octanol–water partition coefficient (Wildman–Crippen LogP) is 5.70. The molecule has 0 fully saturated rings. The van der Waals surface area contributed by atoms with Crippen LogP contribution in [0, 0.1) is 0 Å². The van der Waals surface area contributed by atoms with Crippen molar-refractivity contribution in [2.75, 3.05) is 21.9 Å². The van der Waals surface area contributed by atoms with Crippen LogP contribution in [0.25, 0.3) is 11.0 Å². The maximum Gasteiger partial charge on any atom is 0.272 e. The molecule has 0 aliphatic carbocycles.